The number of carbonyl (C=O) groups excluding carboxylic acids is 1. The fourth-order valence-corrected chi connectivity index (χ4v) is 3.61. The topological polar surface area (TPSA) is 51.2 Å². The minimum atomic E-state index is -0.555. The number of anilines is 1. The van der Waals surface area contributed by atoms with Crippen LogP contribution in [0.1, 0.15) is 0 Å². The predicted octanol–water partition coefficient (Wildman–Crippen LogP) is 4.83. The van der Waals surface area contributed by atoms with Crippen LogP contribution < -0.4 is 10.1 Å². The third kappa shape index (κ3) is 4.59. The van der Waals surface area contributed by atoms with Crippen LogP contribution in [0.5, 0.6) is 5.75 Å². The molecule has 26 heavy (non-hydrogen) atoms. The quantitative estimate of drug-likeness (QED) is 0.611. The van der Waals surface area contributed by atoms with Gasteiger partial charge in [0.2, 0.25) is 5.91 Å². The van der Waals surface area contributed by atoms with Crippen molar-refractivity contribution in [2.75, 3.05) is 18.2 Å². The molecule has 1 N–H and O–H groups in total. The number of hydrogen-bond acceptors (Lipinski definition) is 5. The minimum absolute atomic E-state index is 0.0438. The lowest BCUT2D eigenvalue weighted by Crippen LogP contribution is -2.13. The van der Waals surface area contributed by atoms with Gasteiger partial charge in [-0.2, -0.15) is 0 Å². The van der Waals surface area contributed by atoms with E-state index in [0.29, 0.717) is 5.13 Å². The van der Waals surface area contributed by atoms with Crippen LogP contribution in [0.2, 0.25) is 0 Å². The van der Waals surface area contributed by atoms with Crippen molar-refractivity contribution in [1.29, 1.82) is 0 Å². The van der Waals surface area contributed by atoms with E-state index in [1.54, 1.807) is 7.11 Å². The molecular formula is C18H14F2N2O2S2. The van der Waals surface area contributed by atoms with Crippen molar-refractivity contribution < 1.29 is 18.3 Å². The van der Waals surface area contributed by atoms with Crippen LogP contribution in [0.3, 0.4) is 0 Å². The van der Waals surface area contributed by atoms with E-state index >= 15 is 0 Å². The Kier molecular flexibility index (Phi) is 5.85. The fraction of sp³-hybridized carbons (Fsp3) is 0.111. The Labute approximate surface area is 157 Å². The number of hydrogen-bond donors (Lipinski definition) is 1. The van der Waals surface area contributed by atoms with Gasteiger partial charge < -0.3 is 10.1 Å². The molecule has 0 saturated heterocycles. The van der Waals surface area contributed by atoms with Gasteiger partial charge in [-0.25, -0.2) is 13.8 Å². The number of thiazole rings is 1. The number of rotatable bonds is 6. The second kappa shape index (κ2) is 8.29. The maximum atomic E-state index is 13.6. The van der Waals surface area contributed by atoms with Crippen LogP contribution in [0, 0.1) is 11.6 Å². The number of benzene rings is 2. The molecule has 0 unspecified atom stereocenters. The van der Waals surface area contributed by atoms with Crippen LogP contribution in [-0.4, -0.2) is 23.8 Å². The summed E-state index contributed by atoms with van der Waals surface area (Å²) in [5.41, 5.74) is 1.63. The number of carbonyl (C=O) groups is 1. The van der Waals surface area contributed by atoms with E-state index in [2.05, 4.69) is 10.3 Å². The molecule has 0 aliphatic carbocycles. The molecular weight excluding hydrogens is 378 g/mol. The van der Waals surface area contributed by atoms with Crippen LogP contribution >= 0.6 is 23.1 Å². The molecule has 8 heteroatoms. The molecule has 0 bridgehead atoms. The first kappa shape index (κ1) is 18.3. The first-order valence-corrected chi connectivity index (χ1v) is 9.39. The molecule has 1 amide bonds. The molecule has 0 saturated carbocycles. The molecule has 0 atom stereocenters. The molecule has 1 aromatic heterocycles. The van der Waals surface area contributed by atoms with Gasteiger partial charge in [-0.15, -0.1) is 23.1 Å². The van der Waals surface area contributed by atoms with E-state index in [4.69, 9.17) is 4.74 Å². The van der Waals surface area contributed by atoms with Crippen molar-refractivity contribution in [3.63, 3.8) is 0 Å². The smallest absolute Gasteiger partial charge is 0.236 e. The van der Waals surface area contributed by atoms with E-state index in [9.17, 15) is 13.6 Å². The van der Waals surface area contributed by atoms with Crippen LogP contribution in [0.4, 0.5) is 13.9 Å². The summed E-state index contributed by atoms with van der Waals surface area (Å²) in [6.07, 6.45) is 0. The molecule has 0 spiro atoms. The number of nitrogens with zero attached hydrogens (tertiary/aromatic N) is 1. The summed E-state index contributed by atoms with van der Waals surface area (Å²) in [5.74, 6) is -0.732. The highest BCUT2D eigenvalue weighted by Crippen LogP contribution is 2.27. The van der Waals surface area contributed by atoms with Crippen molar-refractivity contribution in [3.8, 4) is 17.0 Å². The third-order valence-corrected chi connectivity index (χ3v) is 5.18. The summed E-state index contributed by atoms with van der Waals surface area (Å²) >= 11 is 2.22. The molecule has 4 nitrogen and oxygen atoms in total. The van der Waals surface area contributed by atoms with Gasteiger partial charge in [0.1, 0.15) is 17.4 Å². The van der Waals surface area contributed by atoms with Crippen molar-refractivity contribution in [1.82, 2.24) is 4.98 Å². The van der Waals surface area contributed by atoms with E-state index in [1.165, 1.54) is 11.3 Å². The Bertz CT molecular complexity index is 914. The Morgan fingerprint density at radius 2 is 2.00 bits per heavy atom. The first-order chi connectivity index (χ1) is 12.5. The zero-order valence-corrected chi connectivity index (χ0v) is 15.3. The first-order valence-electron chi connectivity index (χ1n) is 7.53. The second-order valence-electron chi connectivity index (χ2n) is 5.18. The summed E-state index contributed by atoms with van der Waals surface area (Å²) in [7, 11) is 1.60. The highest BCUT2D eigenvalue weighted by Gasteiger charge is 2.11. The standard InChI is InChI=1S/C18H14F2N2O2S2/c1-24-13-5-2-11(3-6-13)15-9-26-18(21-15)22-17(23)10-25-16-8-12(19)4-7-14(16)20/h2-9H,10H2,1H3,(H,21,22,23). The maximum absolute atomic E-state index is 13.6. The Morgan fingerprint density at radius 3 is 2.73 bits per heavy atom. The Hall–Kier alpha value is -2.45. The number of ether oxygens (including phenoxy) is 1. The SMILES string of the molecule is COc1ccc(-c2csc(NC(=O)CSc3cc(F)ccc3F)n2)cc1. The van der Waals surface area contributed by atoms with E-state index in [1.807, 2.05) is 29.6 Å². The number of thioether (sulfide) groups is 1. The van der Waals surface area contributed by atoms with Gasteiger partial charge in [0, 0.05) is 15.8 Å². The number of amides is 1. The molecule has 1 heterocycles. The number of aromatic nitrogens is 1. The van der Waals surface area contributed by atoms with Crippen LogP contribution in [0.15, 0.2) is 52.7 Å². The molecule has 0 aliphatic heterocycles. The van der Waals surface area contributed by atoms with Gasteiger partial charge >= 0.3 is 0 Å². The molecule has 3 rings (SSSR count). The summed E-state index contributed by atoms with van der Waals surface area (Å²) < 4.78 is 31.8. The van der Waals surface area contributed by atoms with Gasteiger partial charge in [0.15, 0.2) is 5.13 Å². The van der Waals surface area contributed by atoms with Gasteiger partial charge in [0.25, 0.3) is 0 Å². The van der Waals surface area contributed by atoms with Crippen molar-refractivity contribution >= 4 is 34.1 Å². The van der Waals surface area contributed by atoms with Crippen LogP contribution in [0.25, 0.3) is 11.3 Å². The molecule has 0 radical (unpaired) electrons. The summed E-state index contributed by atoms with van der Waals surface area (Å²) in [4.78, 5) is 16.5. The second-order valence-corrected chi connectivity index (χ2v) is 7.05. The van der Waals surface area contributed by atoms with Crippen molar-refractivity contribution in [3.05, 3.63) is 59.5 Å². The van der Waals surface area contributed by atoms with Gasteiger partial charge in [-0.3, -0.25) is 4.79 Å². The largest absolute Gasteiger partial charge is 0.497 e. The molecule has 134 valence electrons. The molecule has 0 aliphatic rings. The Morgan fingerprint density at radius 1 is 1.23 bits per heavy atom. The highest BCUT2D eigenvalue weighted by molar-refractivity contribution is 8.00. The van der Waals surface area contributed by atoms with Gasteiger partial charge in [-0.1, -0.05) is 0 Å². The van der Waals surface area contributed by atoms with E-state index < -0.39 is 11.6 Å². The molecule has 2 aromatic carbocycles. The number of halogens is 2. The van der Waals surface area contributed by atoms with E-state index in [-0.39, 0.29) is 16.6 Å². The van der Waals surface area contributed by atoms with Crippen LogP contribution in [-0.2, 0) is 4.79 Å². The number of methoxy groups -OCH3 is 1. The minimum Gasteiger partial charge on any atom is -0.497 e. The average molecular weight is 392 g/mol. The summed E-state index contributed by atoms with van der Waals surface area (Å²) in [6, 6.07) is 10.6. The highest BCUT2D eigenvalue weighted by atomic mass is 32.2. The van der Waals surface area contributed by atoms with Crippen molar-refractivity contribution in [2.45, 2.75) is 4.90 Å². The zero-order valence-electron chi connectivity index (χ0n) is 13.7. The normalized spacial score (nSPS) is 10.6. The van der Waals surface area contributed by atoms with Gasteiger partial charge in [-0.05, 0) is 42.5 Å². The molecule has 3 aromatic rings. The Balaban J connectivity index is 1.59. The fourth-order valence-electron chi connectivity index (χ4n) is 2.11. The lowest BCUT2D eigenvalue weighted by atomic mass is 10.2. The average Bonchev–Trinajstić information content (AvgIpc) is 3.11. The molecule has 0 fully saturated rings. The third-order valence-electron chi connectivity index (χ3n) is 3.39. The monoisotopic (exact) mass is 392 g/mol. The van der Waals surface area contributed by atoms with Crippen molar-refractivity contribution in [2.24, 2.45) is 0 Å². The summed E-state index contributed by atoms with van der Waals surface area (Å²) in [6.45, 7) is 0. The predicted molar refractivity (Wildman–Crippen MR) is 99.8 cm³/mol. The zero-order chi connectivity index (χ0) is 18.5. The van der Waals surface area contributed by atoms with Gasteiger partial charge in [0.05, 0.1) is 18.6 Å². The maximum Gasteiger partial charge on any atom is 0.236 e. The summed E-state index contributed by atoms with van der Waals surface area (Å²) in [5, 5.41) is 4.94. The lowest BCUT2D eigenvalue weighted by Gasteiger charge is -2.04. The number of nitrogens with one attached hydrogen (secondary N) is 1. The lowest BCUT2D eigenvalue weighted by molar-refractivity contribution is -0.113. The van der Waals surface area contributed by atoms with E-state index in [0.717, 1.165) is 47.0 Å².